The van der Waals surface area contributed by atoms with E-state index in [4.69, 9.17) is 5.41 Å². The first-order valence-electron chi connectivity index (χ1n) is 7.83. The second-order valence-electron chi connectivity index (χ2n) is 6.61. The van der Waals surface area contributed by atoms with Gasteiger partial charge in [-0.1, -0.05) is 50.2 Å². The Morgan fingerprint density at radius 1 is 1.12 bits per heavy atom. The summed E-state index contributed by atoms with van der Waals surface area (Å²) in [6.07, 6.45) is 1.58. The molecule has 2 N–H and O–H groups in total. The minimum absolute atomic E-state index is 0.227. The Hall–Kier alpha value is -2.75. The van der Waals surface area contributed by atoms with Crippen molar-refractivity contribution in [2.45, 2.75) is 25.7 Å². The van der Waals surface area contributed by atoms with Crippen LogP contribution in [0.5, 0.6) is 0 Å². The van der Waals surface area contributed by atoms with Crippen molar-refractivity contribution in [2.75, 3.05) is 0 Å². The highest BCUT2D eigenvalue weighted by Crippen LogP contribution is 2.30. The SMILES string of the molecule is CC(C)(Cc1[nH]c(=O)c(C=N)c2ccc(F)cc12)c1ccccc1. The molecular weight excluding hydrogens is 303 g/mol. The second kappa shape index (κ2) is 6.04. The summed E-state index contributed by atoms with van der Waals surface area (Å²) >= 11 is 0. The summed E-state index contributed by atoms with van der Waals surface area (Å²) in [7, 11) is 0. The van der Waals surface area contributed by atoms with Gasteiger partial charge in [-0.15, -0.1) is 0 Å². The Bertz CT molecular complexity index is 959. The number of halogens is 1. The summed E-state index contributed by atoms with van der Waals surface area (Å²) in [5.74, 6) is -0.357. The highest BCUT2D eigenvalue weighted by molar-refractivity contribution is 5.99. The van der Waals surface area contributed by atoms with E-state index in [1.165, 1.54) is 12.1 Å². The summed E-state index contributed by atoms with van der Waals surface area (Å²) in [4.78, 5) is 15.1. The normalized spacial score (nSPS) is 11.6. The van der Waals surface area contributed by atoms with Gasteiger partial charge in [-0.05, 0) is 34.9 Å². The second-order valence-corrected chi connectivity index (χ2v) is 6.61. The predicted molar refractivity (Wildman–Crippen MR) is 95.6 cm³/mol. The molecule has 0 amide bonds. The van der Waals surface area contributed by atoms with Gasteiger partial charge in [-0.3, -0.25) is 4.79 Å². The van der Waals surface area contributed by atoms with Crippen molar-refractivity contribution in [3.8, 4) is 0 Å². The molecule has 3 nitrogen and oxygen atoms in total. The minimum Gasteiger partial charge on any atom is -0.325 e. The molecule has 0 saturated heterocycles. The van der Waals surface area contributed by atoms with E-state index >= 15 is 0 Å². The lowest BCUT2D eigenvalue weighted by atomic mass is 9.79. The maximum absolute atomic E-state index is 13.8. The molecule has 0 saturated carbocycles. The van der Waals surface area contributed by atoms with Crippen LogP contribution in [0.25, 0.3) is 10.8 Å². The maximum atomic E-state index is 13.8. The first-order chi connectivity index (χ1) is 11.4. The van der Waals surface area contributed by atoms with Crippen molar-refractivity contribution >= 4 is 17.0 Å². The lowest BCUT2D eigenvalue weighted by Crippen LogP contribution is -2.24. The van der Waals surface area contributed by atoms with Crippen LogP contribution in [0.4, 0.5) is 4.39 Å². The molecule has 0 fully saturated rings. The van der Waals surface area contributed by atoms with Crippen LogP contribution in [0.3, 0.4) is 0 Å². The Balaban J connectivity index is 2.18. The summed E-state index contributed by atoms with van der Waals surface area (Å²) in [5, 5.41) is 8.72. The van der Waals surface area contributed by atoms with Gasteiger partial charge >= 0.3 is 0 Å². The molecule has 24 heavy (non-hydrogen) atoms. The van der Waals surface area contributed by atoms with E-state index in [-0.39, 0.29) is 22.4 Å². The highest BCUT2D eigenvalue weighted by Gasteiger charge is 2.23. The summed E-state index contributed by atoms with van der Waals surface area (Å²) < 4.78 is 13.8. The zero-order valence-corrected chi connectivity index (χ0v) is 13.7. The molecule has 0 radical (unpaired) electrons. The number of rotatable bonds is 4. The minimum atomic E-state index is -0.357. The van der Waals surface area contributed by atoms with Crippen LogP contribution in [0, 0.1) is 11.2 Å². The van der Waals surface area contributed by atoms with E-state index < -0.39 is 0 Å². The highest BCUT2D eigenvalue weighted by atomic mass is 19.1. The van der Waals surface area contributed by atoms with Gasteiger partial charge in [0.05, 0.1) is 5.56 Å². The maximum Gasteiger partial charge on any atom is 0.257 e. The molecule has 122 valence electrons. The summed E-state index contributed by atoms with van der Waals surface area (Å²) in [6, 6.07) is 14.3. The summed E-state index contributed by atoms with van der Waals surface area (Å²) in [6.45, 7) is 4.19. The van der Waals surface area contributed by atoms with E-state index in [0.29, 0.717) is 22.9 Å². The molecule has 3 rings (SSSR count). The molecule has 0 aliphatic rings. The number of benzene rings is 2. The number of nitrogens with one attached hydrogen (secondary N) is 2. The Morgan fingerprint density at radius 3 is 2.50 bits per heavy atom. The molecule has 1 aromatic heterocycles. The van der Waals surface area contributed by atoms with Crippen LogP contribution in [0.1, 0.15) is 30.7 Å². The predicted octanol–water partition coefficient (Wildman–Crippen LogP) is 4.19. The van der Waals surface area contributed by atoms with Crippen LogP contribution in [-0.2, 0) is 11.8 Å². The number of pyridine rings is 1. The first-order valence-corrected chi connectivity index (χ1v) is 7.83. The fraction of sp³-hybridized carbons (Fsp3) is 0.200. The average molecular weight is 322 g/mol. The van der Waals surface area contributed by atoms with Gasteiger partial charge in [-0.2, -0.15) is 0 Å². The number of hydrogen-bond donors (Lipinski definition) is 2. The van der Waals surface area contributed by atoms with Gasteiger partial charge in [-0.25, -0.2) is 4.39 Å². The Kier molecular flexibility index (Phi) is 4.06. The molecule has 1 heterocycles. The zero-order chi connectivity index (χ0) is 17.3. The van der Waals surface area contributed by atoms with Crippen molar-refractivity contribution in [3.63, 3.8) is 0 Å². The third kappa shape index (κ3) is 2.87. The van der Waals surface area contributed by atoms with Crippen LogP contribution < -0.4 is 5.56 Å². The number of H-pyrrole nitrogens is 1. The van der Waals surface area contributed by atoms with Crippen LogP contribution >= 0.6 is 0 Å². The van der Waals surface area contributed by atoms with Crippen molar-refractivity contribution < 1.29 is 4.39 Å². The van der Waals surface area contributed by atoms with E-state index in [1.54, 1.807) is 6.07 Å². The van der Waals surface area contributed by atoms with Crippen LogP contribution in [0.2, 0.25) is 0 Å². The van der Waals surface area contributed by atoms with E-state index in [2.05, 4.69) is 18.8 Å². The Labute approximate surface area is 139 Å². The molecule has 2 aromatic carbocycles. The molecule has 0 aliphatic heterocycles. The number of fused-ring (bicyclic) bond motifs is 1. The van der Waals surface area contributed by atoms with Crippen molar-refractivity contribution in [3.05, 3.63) is 81.5 Å². The average Bonchev–Trinajstić information content (AvgIpc) is 2.56. The fourth-order valence-corrected chi connectivity index (χ4v) is 3.11. The molecule has 0 atom stereocenters. The quantitative estimate of drug-likeness (QED) is 0.695. The smallest absolute Gasteiger partial charge is 0.257 e. The zero-order valence-electron chi connectivity index (χ0n) is 13.7. The van der Waals surface area contributed by atoms with Crippen molar-refractivity contribution in [1.29, 1.82) is 5.41 Å². The number of aromatic amines is 1. The van der Waals surface area contributed by atoms with E-state index in [9.17, 15) is 9.18 Å². The molecule has 4 heteroatoms. The monoisotopic (exact) mass is 322 g/mol. The molecule has 0 bridgehead atoms. The molecule has 0 unspecified atom stereocenters. The fourth-order valence-electron chi connectivity index (χ4n) is 3.11. The van der Waals surface area contributed by atoms with E-state index in [0.717, 1.165) is 11.8 Å². The standard InChI is InChI=1S/C20H19FN2O/c1-20(2,13-6-4-3-5-7-13)11-18-16-10-14(21)8-9-15(16)17(12-22)19(24)23-18/h3-10,12,22H,11H2,1-2H3,(H,23,24). The lowest BCUT2D eigenvalue weighted by Gasteiger charge is -2.26. The van der Waals surface area contributed by atoms with Crippen LogP contribution in [-0.4, -0.2) is 11.2 Å². The first kappa shape index (κ1) is 16.1. The lowest BCUT2D eigenvalue weighted by molar-refractivity contribution is 0.517. The third-order valence-electron chi connectivity index (χ3n) is 4.42. The molecule has 3 aromatic rings. The molecular formula is C20H19FN2O. The number of hydrogen-bond acceptors (Lipinski definition) is 2. The van der Waals surface area contributed by atoms with Gasteiger partial charge in [0.25, 0.3) is 5.56 Å². The van der Waals surface area contributed by atoms with Crippen molar-refractivity contribution in [1.82, 2.24) is 4.98 Å². The topological polar surface area (TPSA) is 56.7 Å². The largest absolute Gasteiger partial charge is 0.325 e. The van der Waals surface area contributed by atoms with Gasteiger partial charge in [0.2, 0.25) is 0 Å². The molecule has 0 spiro atoms. The van der Waals surface area contributed by atoms with E-state index in [1.807, 2.05) is 30.3 Å². The number of aromatic nitrogens is 1. The summed E-state index contributed by atoms with van der Waals surface area (Å²) in [5.41, 5.74) is 1.55. The van der Waals surface area contributed by atoms with Gasteiger partial charge < -0.3 is 10.4 Å². The van der Waals surface area contributed by atoms with Gasteiger partial charge in [0.1, 0.15) is 5.82 Å². The Morgan fingerprint density at radius 2 is 1.83 bits per heavy atom. The molecule has 0 aliphatic carbocycles. The van der Waals surface area contributed by atoms with Gasteiger partial charge in [0, 0.05) is 17.3 Å². The van der Waals surface area contributed by atoms with Gasteiger partial charge in [0.15, 0.2) is 0 Å². The van der Waals surface area contributed by atoms with Crippen molar-refractivity contribution in [2.24, 2.45) is 0 Å². The third-order valence-corrected chi connectivity index (χ3v) is 4.42. The van der Waals surface area contributed by atoms with Crippen LogP contribution in [0.15, 0.2) is 53.3 Å².